The van der Waals surface area contributed by atoms with Crippen LogP contribution in [0.25, 0.3) is 0 Å². The summed E-state index contributed by atoms with van der Waals surface area (Å²) in [7, 11) is 0. The summed E-state index contributed by atoms with van der Waals surface area (Å²) < 4.78 is 0. The maximum Gasteiger partial charge on any atom is 0.0938 e. The lowest BCUT2D eigenvalue weighted by molar-refractivity contribution is 0.0181. The molecule has 1 saturated carbocycles. The summed E-state index contributed by atoms with van der Waals surface area (Å²) in [5.74, 6) is 2.17. The third kappa shape index (κ3) is 0.930. The molecule has 2 aliphatic heterocycles. The van der Waals surface area contributed by atoms with Gasteiger partial charge in [-0.25, -0.2) is 0 Å². The predicted octanol–water partition coefficient (Wildman–Crippen LogP) is 4.75. The zero-order chi connectivity index (χ0) is 14.7. The molecule has 2 heterocycles. The van der Waals surface area contributed by atoms with Gasteiger partial charge in [-0.3, -0.25) is 0 Å². The molecule has 2 aromatic rings. The molecule has 2 nitrogen and oxygen atoms in total. The Morgan fingerprint density at radius 3 is 1.14 bits per heavy atom. The van der Waals surface area contributed by atoms with Crippen LogP contribution in [-0.2, 0) is 0 Å². The zero-order valence-electron chi connectivity index (χ0n) is 12.8. The molecule has 0 spiro atoms. The highest BCUT2D eigenvalue weighted by Crippen LogP contribution is 2.77. The van der Waals surface area contributed by atoms with E-state index in [1.807, 2.05) is 0 Å². The summed E-state index contributed by atoms with van der Waals surface area (Å²) in [5, 5.41) is 9.78. The Bertz CT molecular complexity index is 736. The van der Waals surface area contributed by atoms with E-state index in [2.05, 4.69) is 62.4 Å². The van der Waals surface area contributed by atoms with E-state index in [-0.39, 0.29) is 11.1 Å². The Balaban J connectivity index is 1.65. The molecule has 2 aromatic carbocycles. The van der Waals surface area contributed by atoms with Crippen molar-refractivity contribution < 1.29 is 0 Å². The first-order chi connectivity index (χ1) is 10.7. The number of hydrogen-bond donors (Lipinski definition) is 0. The smallest absolute Gasteiger partial charge is 0.0938 e. The van der Waals surface area contributed by atoms with Crippen molar-refractivity contribution in [2.45, 2.75) is 48.6 Å². The van der Waals surface area contributed by atoms with E-state index in [0.29, 0.717) is 23.7 Å². The monoisotopic (exact) mass is 286 g/mol. The molecule has 0 amide bonds. The van der Waals surface area contributed by atoms with E-state index >= 15 is 0 Å². The Morgan fingerprint density at radius 2 is 0.864 bits per heavy atom. The van der Waals surface area contributed by atoms with E-state index in [9.17, 15) is 0 Å². The van der Waals surface area contributed by atoms with Crippen LogP contribution in [0, 0.1) is 0 Å². The normalized spacial score (nSPS) is 45.0. The topological polar surface area (TPSA) is 24.7 Å². The zero-order valence-corrected chi connectivity index (χ0v) is 12.8. The van der Waals surface area contributed by atoms with Crippen LogP contribution >= 0.6 is 0 Å². The van der Waals surface area contributed by atoms with Gasteiger partial charge in [0, 0.05) is 23.7 Å². The molecule has 5 aliphatic rings. The van der Waals surface area contributed by atoms with Gasteiger partial charge in [-0.1, -0.05) is 48.5 Å². The van der Waals surface area contributed by atoms with Crippen LogP contribution in [0.5, 0.6) is 0 Å². The van der Waals surface area contributed by atoms with Gasteiger partial charge in [-0.2, -0.15) is 10.2 Å². The molecule has 3 aliphatic carbocycles. The van der Waals surface area contributed by atoms with Gasteiger partial charge >= 0.3 is 0 Å². The highest BCUT2D eigenvalue weighted by Gasteiger charge is 2.73. The minimum atomic E-state index is -0.0597. The van der Waals surface area contributed by atoms with Gasteiger partial charge < -0.3 is 0 Å². The molecule has 0 N–H and O–H groups in total. The quantitative estimate of drug-likeness (QED) is 0.668. The van der Waals surface area contributed by atoms with Gasteiger partial charge in [0.1, 0.15) is 0 Å². The van der Waals surface area contributed by atoms with Crippen molar-refractivity contribution in [1.29, 1.82) is 0 Å². The fraction of sp³-hybridized carbons (Fsp3) is 0.400. The average molecular weight is 286 g/mol. The highest BCUT2D eigenvalue weighted by molar-refractivity contribution is 5.62. The fourth-order valence-electron chi connectivity index (χ4n) is 6.14. The van der Waals surface area contributed by atoms with Gasteiger partial charge in [0.2, 0.25) is 0 Å². The van der Waals surface area contributed by atoms with Crippen LogP contribution in [0.2, 0.25) is 0 Å². The first-order valence-electron chi connectivity index (χ1n) is 8.28. The molecule has 1 fully saturated rings. The lowest BCUT2D eigenvalue weighted by Gasteiger charge is -2.70. The van der Waals surface area contributed by atoms with Crippen molar-refractivity contribution in [1.82, 2.24) is 0 Å². The summed E-state index contributed by atoms with van der Waals surface area (Å²) >= 11 is 0. The van der Waals surface area contributed by atoms with E-state index in [1.54, 1.807) is 0 Å². The fourth-order valence-corrected chi connectivity index (χ4v) is 6.14. The van der Waals surface area contributed by atoms with Crippen molar-refractivity contribution in [3.05, 3.63) is 70.8 Å². The molecule has 6 atom stereocenters. The average Bonchev–Trinajstić information content (AvgIpc) is 2.47. The van der Waals surface area contributed by atoms with Crippen LogP contribution in [0.3, 0.4) is 0 Å². The standard InChI is InChI=1S/C20H18N2/c1-19-15-11-7-3-5-9-13(11)17(15)20(2,22-21-19)18-14-10-6-4-8-12(14)16(18)19/h3-10,15-18H,1-2H3/t15-,16+,17+,18-,19?,20?. The molecule has 108 valence electrons. The van der Waals surface area contributed by atoms with Gasteiger partial charge in [0.25, 0.3) is 0 Å². The lowest BCUT2D eigenvalue weighted by atomic mass is 9.37. The first kappa shape index (κ1) is 11.6. The highest BCUT2D eigenvalue weighted by atomic mass is 15.3. The minimum absolute atomic E-state index is 0.0597. The van der Waals surface area contributed by atoms with Crippen LogP contribution in [0.4, 0.5) is 0 Å². The number of benzene rings is 2. The number of nitrogens with zero attached hydrogens (tertiary/aromatic N) is 2. The summed E-state index contributed by atoms with van der Waals surface area (Å²) in [6, 6.07) is 17.9. The Kier molecular flexibility index (Phi) is 1.68. The number of fused-ring (bicyclic) bond motifs is 2. The van der Waals surface area contributed by atoms with Crippen molar-refractivity contribution in [3.8, 4) is 0 Å². The molecule has 0 radical (unpaired) electrons. The molecule has 2 heteroatoms. The number of rotatable bonds is 0. The van der Waals surface area contributed by atoms with Gasteiger partial charge in [-0.05, 0) is 36.1 Å². The van der Waals surface area contributed by atoms with Crippen molar-refractivity contribution in [3.63, 3.8) is 0 Å². The molecular weight excluding hydrogens is 268 g/mol. The molecule has 0 aromatic heterocycles. The van der Waals surface area contributed by atoms with Gasteiger partial charge in [0.05, 0.1) is 11.1 Å². The third-order valence-corrected chi connectivity index (χ3v) is 7.00. The summed E-state index contributed by atoms with van der Waals surface area (Å²) in [6.07, 6.45) is 0. The molecule has 2 bridgehead atoms. The van der Waals surface area contributed by atoms with Crippen LogP contribution in [0.1, 0.15) is 59.8 Å². The molecular formula is C20H18N2. The molecule has 2 unspecified atom stereocenters. The predicted molar refractivity (Wildman–Crippen MR) is 85.5 cm³/mol. The Labute approximate surface area is 130 Å². The van der Waals surface area contributed by atoms with E-state index in [0.717, 1.165) is 0 Å². The maximum absolute atomic E-state index is 4.89. The SMILES string of the molecule is CC12N=NC(C)([C@@H]3c4ccccc4[C@@H]31)[C@H]1c3ccccc3[C@H]12. The Hall–Kier alpha value is -1.96. The maximum atomic E-state index is 4.89. The van der Waals surface area contributed by atoms with E-state index in [4.69, 9.17) is 10.2 Å². The van der Waals surface area contributed by atoms with E-state index < -0.39 is 0 Å². The number of hydrogen-bond acceptors (Lipinski definition) is 2. The second-order valence-corrected chi connectivity index (χ2v) is 7.82. The van der Waals surface area contributed by atoms with Gasteiger partial charge in [-0.15, -0.1) is 0 Å². The van der Waals surface area contributed by atoms with E-state index in [1.165, 1.54) is 22.3 Å². The first-order valence-corrected chi connectivity index (χ1v) is 8.28. The molecule has 7 rings (SSSR count). The number of azo groups is 1. The molecule has 0 saturated heterocycles. The van der Waals surface area contributed by atoms with Crippen LogP contribution in [-0.4, -0.2) is 11.1 Å². The van der Waals surface area contributed by atoms with Crippen molar-refractivity contribution in [2.75, 3.05) is 0 Å². The lowest BCUT2D eigenvalue weighted by Crippen LogP contribution is -2.67. The minimum Gasteiger partial charge on any atom is -0.186 e. The second-order valence-electron chi connectivity index (χ2n) is 7.82. The third-order valence-electron chi connectivity index (χ3n) is 7.00. The van der Waals surface area contributed by atoms with Crippen LogP contribution in [0.15, 0.2) is 58.8 Å². The summed E-state index contributed by atoms with van der Waals surface area (Å²) in [6.45, 7) is 4.69. The summed E-state index contributed by atoms with van der Waals surface area (Å²) in [4.78, 5) is 0. The summed E-state index contributed by atoms with van der Waals surface area (Å²) in [5.41, 5.74) is 5.95. The van der Waals surface area contributed by atoms with Gasteiger partial charge in [0.15, 0.2) is 0 Å². The second kappa shape index (κ2) is 3.19. The van der Waals surface area contributed by atoms with Crippen LogP contribution < -0.4 is 0 Å². The Morgan fingerprint density at radius 1 is 0.591 bits per heavy atom. The largest absolute Gasteiger partial charge is 0.186 e. The van der Waals surface area contributed by atoms with Crippen molar-refractivity contribution >= 4 is 0 Å². The van der Waals surface area contributed by atoms with Crippen molar-refractivity contribution in [2.24, 2.45) is 10.2 Å². The molecule has 22 heavy (non-hydrogen) atoms.